The van der Waals surface area contributed by atoms with E-state index < -0.39 is 0 Å². The van der Waals surface area contributed by atoms with Crippen LogP contribution in [0.2, 0.25) is 0 Å². The summed E-state index contributed by atoms with van der Waals surface area (Å²) in [5, 5.41) is 2.53. The van der Waals surface area contributed by atoms with Gasteiger partial charge in [-0.2, -0.15) is 0 Å². The third-order valence-electron chi connectivity index (χ3n) is 5.11. The van der Waals surface area contributed by atoms with Crippen molar-refractivity contribution in [3.63, 3.8) is 0 Å². The third-order valence-corrected chi connectivity index (χ3v) is 5.98. The van der Waals surface area contributed by atoms with Gasteiger partial charge in [0.2, 0.25) is 0 Å². The number of halogens is 1. The van der Waals surface area contributed by atoms with Crippen LogP contribution in [0.5, 0.6) is 0 Å². The summed E-state index contributed by atoms with van der Waals surface area (Å²) in [7, 11) is 0. The fourth-order valence-corrected chi connectivity index (χ4v) is 4.55. The van der Waals surface area contributed by atoms with Gasteiger partial charge in [0.15, 0.2) is 0 Å². The zero-order valence-corrected chi connectivity index (χ0v) is 16.7. The molecule has 2 heterocycles. The highest BCUT2D eigenvalue weighted by molar-refractivity contribution is 7.17. The third kappa shape index (κ3) is 3.44. The Balaban J connectivity index is 1.51. The zero-order chi connectivity index (χ0) is 20.5. The van der Waals surface area contributed by atoms with E-state index >= 15 is 0 Å². The summed E-state index contributed by atoms with van der Waals surface area (Å²) < 4.78 is 14.0. The molecule has 0 unspecified atom stereocenters. The number of aromatic nitrogens is 2. The van der Waals surface area contributed by atoms with Crippen molar-refractivity contribution in [3.05, 3.63) is 112 Å². The number of fused-ring (bicyclic) bond motifs is 1. The van der Waals surface area contributed by atoms with Gasteiger partial charge < -0.3 is 4.98 Å². The van der Waals surface area contributed by atoms with Gasteiger partial charge in [0.25, 0.3) is 5.56 Å². The van der Waals surface area contributed by atoms with E-state index in [1.807, 2.05) is 35.7 Å². The van der Waals surface area contributed by atoms with E-state index in [1.165, 1.54) is 17.4 Å². The lowest BCUT2D eigenvalue weighted by atomic mass is 10.0. The van der Waals surface area contributed by atoms with Crippen LogP contribution in [-0.4, -0.2) is 9.97 Å². The highest BCUT2D eigenvalue weighted by Crippen LogP contribution is 2.32. The van der Waals surface area contributed by atoms with E-state index in [0.717, 1.165) is 22.3 Å². The quantitative estimate of drug-likeness (QED) is 0.391. The molecular formula is C25H17FN2OS. The van der Waals surface area contributed by atoms with Crippen LogP contribution in [0.3, 0.4) is 0 Å². The van der Waals surface area contributed by atoms with Crippen LogP contribution in [0.4, 0.5) is 4.39 Å². The largest absolute Gasteiger partial charge is 0.310 e. The van der Waals surface area contributed by atoms with Crippen LogP contribution < -0.4 is 5.56 Å². The summed E-state index contributed by atoms with van der Waals surface area (Å²) >= 11 is 1.43. The first-order valence-electron chi connectivity index (χ1n) is 9.59. The minimum Gasteiger partial charge on any atom is -0.310 e. The van der Waals surface area contributed by atoms with Crippen LogP contribution in [0.1, 0.15) is 11.4 Å². The molecule has 0 saturated carbocycles. The number of nitrogens with zero attached hydrogens (tertiary/aromatic N) is 1. The maximum Gasteiger partial charge on any atom is 0.260 e. The molecule has 0 atom stereocenters. The Bertz CT molecular complexity index is 1390. The summed E-state index contributed by atoms with van der Waals surface area (Å²) in [5.41, 5.74) is 4.41. The van der Waals surface area contributed by atoms with Gasteiger partial charge in [0.05, 0.1) is 5.39 Å². The minimum absolute atomic E-state index is 0.199. The first kappa shape index (κ1) is 18.5. The van der Waals surface area contributed by atoms with Crippen molar-refractivity contribution in [2.45, 2.75) is 6.42 Å². The first-order chi connectivity index (χ1) is 14.7. The fraction of sp³-hybridized carbons (Fsp3) is 0.0400. The number of thiophene rings is 1. The smallest absolute Gasteiger partial charge is 0.260 e. The van der Waals surface area contributed by atoms with Crippen molar-refractivity contribution in [3.8, 4) is 22.3 Å². The molecule has 0 fully saturated rings. The topological polar surface area (TPSA) is 45.8 Å². The number of hydrogen-bond donors (Lipinski definition) is 1. The Morgan fingerprint density at radius 3 is 2.27 bits per heavy atom. The first-order valence-corrected chi connectivity index (χ1v) is 10.5. The van der Waals surface area contributed by atoms with Gasteiger partial charge in [-0.25, -0.2) is 9.37 Å². The molecule has 0 bridgehead atoms. The summed E-state index contributed by atoms with van der Waals surface area (Å²) in [6, 6.07) is 24.9. The summed E-state index contributed by atoms with van der Waals surface area (Å²) in [5.74, 6) is 0.163. The molecule has 3 nitrogen and oxygen atoms in total. The Labute approximate surface area is 176 Å². The molecule has 146 valence electrons. The van der Waals surface area contributed by atoms with Gasteiger partial charge in [-0.15, -0.1) is 11.3 Å². The molecule has 5 heteroatoms. The van der Waals surface area contributed by atoms with Crippen LogP contribution in [0.25, 0.3) is 32.5 Å². The molecule has 1 N–H and O–H groups in total. The second-order valence-corrected chi connectivity index (χ2v) is 7.91. The van der Waals surface area contributed by atoms with E-state index in [2.05, 4.69) is 34.2 Å². The number of hydrogen-bond acceptors (Lipinski definition) is 3. The van der Waals surface area contributed by atoms with Crippen molar-refractivity contribution in [1.82, 2.24) is 9.97 Å². The van der Waals surface area contributed by atoms with Crippen LogP contribution in [0, 0.1) is 5.82 Å². The van der Waals surface area contributed by atoms with Gasteiger partial charge in [-0.1, -0.05) is 72.8 Å². The number of nitrogens with one attached hydrogen (secondary N) is 1. The second kappa shape index (κ2) is 7.69. The lowest BCUT2D eigenvalue weighted by Gasteiger charge is -2.05. The van der Waals surface area contributed by atoms with Crippen LogP contribution in [0.15, 0.2) is 89.0 Å². The lowest BCUT2D eigenvalue weighted by Crippen LogP contribution is -2.12. The predicted molar refractivity (Wildman–Crippen MR) is 120 cm³/mol. The second-order valence-electron chi connectivity index (χ2n) is 7.05. The van der Waals surface area contributed by atoms with E-state index in [0.29, 0.717) is 21.6 Å². The minimum atomic E-state index is -0.300. The van der Waals surface area contributed by atoms with E-state index in [4.69, 9.17) is 0 Å². The monoisotopic (exact) mass is 412 g/mol. The Hall–Kier alpha value is -3.57. The Morgan fingerprint density at radius 2 is 1.50 bits per heavy atom. The molecular weight excluding hydrogens is 395 g/mol. The van der Waals surface area contributed by atoms with Gasteiger partial charge in [-0.05, 0) is 28.3 Å². The SMILES string of the molecule is O=c1[nH]c(Cc2ccccc2F)nc2scc(-c3ccc(-c4ccccc4)cc3)c12. The number of rotatable bonds is 4. The molecule has 2 aromatic heterocycles. The lowest BCUT2D eigenvalue weighted by molar-refractivity contribution is 0.612. The van der Waals surface area contributed by atoms with Crippen molar-refractivity contribution < 1.29 is 4.39 Å². The van der Waals surface area contributed by atoms with Gasteiger partial charge >= 0.3 is 0 Å². The summed E-state index contributed by atoms with van der Waals surface area (Å²) in [6.45, 7) is 0. The highest BCUT2D eigenvalue weighted by Gasteiger charge is 2.14. The molecule has 5 aromatic rings. The van der Waals surface area contributed by atoms with Gasteiger partial charge in [0.1, 0.15) is 16.5 Å². The van der Waals surface area contributed by atoms with E-state index in [9.17, 15) is 9.18 Å². The predicted octanol–water partition coefficient (Wildman–Crippen LogP) is 6.05. The molecule has 0 aliphatic heterocycles. The molecule has 3 aromatic carbocycles. The van der Waals surface area contributed by atoms with Crippen LogP contribution >= 0.6 is 11.3 Å². The average molecular weight is 412 g/mol. The fourth-order valence-electron chi connectivity index (χ4n) is 3.58. The summed E-state index contributed by atoms with van der Waals surface area (Å²) in [6.07, 6.45) is 0.247. The molecule has 0 aliphatic rings. The number of aromatic amines is 1. The average Bonchev–Trinajstić information content (AvgIpc) is 3.21. The van der Waals surface area contributed by atoms with Crippen molar-refractivity contribution in [2.24, 2.45) is 0 Å². The van der Waals surface area contributed by atoms with Crippen molar-refractivity contribution in [2.75, 3.05) is 0 Å². The van der Waals surface area contributed by atoms with Crippen LogP contribution in [-0.2, 0) is 6.42 Å². The van der Waals surface area contributed by atoms with Crippen molar-refractivity contribution in [1.29, 1.82) is 0 Å². The molecule has 5 rings (SSSR count). The molecule has 0 saturated heterocycles. The standard InChI is InChI=1S/C25H17FN2OS/c26-21-9-5-4-8-19(21)14-22-27-24(29)23-20(15-30-25(23)28-22)18-12-10-17(11-13-18)16-6-2-1-3-7-16/h1-13,15H,14H2,(H,27,28,29). The maximum absolute atomic E-state index is 14.0. The van der Waals surface area contributed by atoms with Gasteiger partial charge in [0, 0.05) is 17.4 Å². The van der Waals surface area contributed by atoms with Crippen molar-refractivity contribution >= 4 is 21.6 Å². The number of benzene rings is 3. The van der Waals surface area contributed by atoms with E-state index in [1.54, 1.807) is 18.2 Å². The molecule has 0 aliphatic carbocycles. The van der Waals surface area contributed by atoms with Gasteiger partial charge in [-0.3, -0.25) is 4.79 Å². The summed E-state index contributed by atoms with van der Waals surface area (Å²) in [4.78, 5) is 20.9. The Morgan fingerprint density at radius 1 is 0.833 bits per heavy atom. The molecule has 0 spiro atoms. The molecule has 0 radical (unpaired) electrons. The molecule has 0 amide bonds. The normalized spacial score (nSPS) is 11.1. The zero-order valence-electron chi connectivity index (χ0n) is 15.9. The van der Waals surface area contributed by atoms with E-state index in [-0.39, 0.29) is 17.8 Å². The highest BCUT2D eigenvalue weighted by atomic mass is 32.1. The molecule has 30 heavy (non-hydrogen) atoms. The number of H-pyrrole nitrogens is 1. The maximum atomic E-state index is 14.0. The Kier molecular flexibility index (Phi) is 4.73.